The highest BCUT2D eigenvalue weighted by Crippen LogP contribution is 2.29. The molecule has 2 rings (SSSR count). The molecule has 0 saturated carbocycles. The van der Waals surface area contributed by atoms with Crippen molar-refractivity contribution in [1.82, 2.24) is 4.98 Å². The van der Waals surface area contributed by atoms with Crippen LogP contribution in [-0.2, 0) is 6.42 Å². The second-order valence-corrected chi connectivity index (χ2v) is 3.95. The van der Waals surface area contributed by atoms with Crippen LogP contribution in [0.1, 0.15) is 12.5 Å². The Hall–Kier alpha value is -1.88. The molecule has 0 aliphatic rings. The summed E-state index contributed by atoms with van der Waals surface area (Å²) >= 11 is 0. The van der Waals surface area contributed by atoms with Gasteiger partial charge < -0.3 is 10.7 Å². The number of nitrogens with zero attached hydrogens (tertiary/aromatic N) is 1. The van der Waals surface area contributed by atoms with Crippen molar-refractivity contribution in [1.29, 1.82) is 0 Å². The zero-order chi connectivity index (χ0) is 11.7. The van der Waals surface area contributed by atoms with Crippen LogP contribution in [0.3, 0.4) is 0 Å². The van der Waals surface area contributed by atoms with E-state index in [0.717, 1.165) is 11.1 Å². The highest BCUT2D eigenvalue weighted by atomic mass is 16.6. The Kier molecular flexibility index (Phi) is 2.62. The van der Waals surface area contributed by atoms with E-state index in [-0.39, 0.29) is 16.7 Å². The van der Waals surface area contributed by atoms with E-state index in [2.05, 4.69) is 4.98 Å². The van der Waals surface area contributed by atoms with Gasteiger partial charge in [0.2, 0.25) is 0 Å². The molecule has 16 heavy (non-hydrogen) atoms. The summed E-state index contributed by atoms with van der Waals surface area (Å²) in [7, 11) is 0. The molecule has 0 fully saturated rings. The SMILES string of the molecule is CC(N)Cc1cccc2[nH]cc([N+](=O)[O-])c12. The van der Waals surface area contributed by atoms with E-state index in [1.165, 1.54) is 6.20 Å². The summed E-state index contributed by atoms with van der Waals surface area (Å²) in [5.74, 6) is 0. The normalized spacial score (nSPS) is 12.9. The third-order valence-electron chi connectivity index (χ3n) is 2.51. The lowest BCUT2D eigenvalue weighted by Crippen LogP contribution is -2.17. The highest BCUT2D eigenvalue weighted by Gasteiger charge is 2.17. The molecule has 84 valence electrons. The van der Waals surface area contributed by atoms with Gasteiger partial charge in [-0.3, -0.25) is 10.1 Å². The van der Waals surface area contributed by atoms with Gasteiger partial charge in [0.1, 0.15) is 0 Å². The Bertz CT molecular complexity index is 531. The lowest BCUT2D eigenvalue weighted by molar-refractivity contribution is -0.383. The molecule has 2 aromatic rings. The molecule has 0 radical (unpaired) electrons. The minimum absolute atomic E-state index is 0.0138. The van der Waals surface area contributed by atoms with Crippen LogP contribution in [0.4, 0.5) is 5.69 Å². The van der Waals surface area contributed by atoms with Gasteiger partial charge in [0, 0.05) is 6.04 Å². The molecule has 1 atom stereocenters. The Balaban J connectivity index is 2.63. The van der Waals surface area contributed by atoms with Crippen LogP contribution in [0.2, 0.25) is 0 Å². The second kappa shape index (κ2) is 3.94. The summed E-state index contributed by atoms with van der Waals surface area (Å²) in [5.41, 5.74) is 7.55. The van der Waals surface area contributed by atoms with E-state index < -0.39 is 0 Å². The summed E-state index contributed by atoms with van der Waals surface area (Å²) in [4.78, 5) is 13.4. The fourth-order valence-electron chi connectivity index (χ4n) is 1.90. The van der Waals surface area contributed by atoms with Crippen molar-refractivity contribution in [3.63, 3.8) is 0 Å². The Morgan fingerprint density at radius 2 is 2.31 bits per heavy atom. The zero-order valence-corrected chi connectivity index (χ0v) is 8.93. The van der Waals surface area contributed by atoms with Crippen LogP contribution in [0.25, 0.3) is 10.9 Å². The summed E-state index contributed by atoms with van der Waals surface area (Å²) in [5, 5.41) is 11.5. The predicted octanol–water partition coefficient (Wildman–Crippen LogP) is 1.97. The minimum atomic E-state index is -0.372. The lowest BCUT2D eigenvalue weighted by Gasteiger charge is -2.06. The standard InChI is InChI=1S/C11H13N3O2/c1-7(12)5-8-3-2-4-9-11(8)10(6-13-9)14(15)16/h2-4,6-7,13H,5,12H2,1H3. The van der Waals surface area contributed by atoms with Gasteiger partial charge in [-0.05, 0) is 25.0 Å². The van der Waals surface area contributed by atoms with Gasteiger partial charge in [-0.1, -0.05) is 12.1 Å². The van der Waals surface area contributed by atoms with Crippen molar-refractivity contribution >= 4 is 16.6 Å². The molecule has 0 aliphatic carbocycles. The van der Waals surface area contributed by atoms with E-state index in [1.54, 1.807) is 0 Å². The van der Waals surface area contributed by atoms with E-state index in [4.69, 9.17) is 5.73 Å². The maximum atomic E-state index is 10.9. The Morgan fingerprint density at radius 3 is 2.94 bits per heavy atom. The lowest BCUT2D eigenvalue weighted by atomic mass is 10.0. The van der Waals surface area contributed by atoms with E-state index >= 15 is 0 Å². The number of H-pyrrole nitrogens is 1. The fraction of sp³-hybridized carbons (Fsp3) is 0.273. The molecule has 0 aliphatic heterocycles. The molecule has 0 saturated heterocycles. The van der Waals surface area contributed by atoms with Gasteiger partial charge in [-0.15, -0.1) is 0 Å². The maximum absolute atomic E-state index is 10.9. The van der Waals surface area contributed by atoms with Crippen molar-refractivity contribution in [2.45, 2.75) is 19.4 Å². The van der Waals surface area contributed by atoms with Gasteiger partial charge in [-0.2, -0.15) is 0 Å². The molecule has 1 unspecified atom stereocenters. The third kappa shape index (κ3) is 1.77. The number of hydrogen-bond acceptors (Lipinski definition) is 3. The van der Waals surface area contributed by atoms with Gasteiger partial charge in [0.05, 0.1) is 22.0 Å². The Morgan fingerprint density at radius 1 is 1.56 bits per heavy atom. The van der Waals surface area contributed by atoms with Crippen molar-refractivity contribution in [2.75, 3.05) is 0 Å². The summed E-state index contributed by atoms with van der Waals surface area (Å²) < 4.78 is 0. The molecule has 1 aromatic heterocycles. The van der Waals surface area contributed by atoms with Crippen molar-refractivity contribution in [3.05, 3.63) is 40.1 Å². The number of hydrogen-bond donors (Lipinski definition) is 2. The van der Waals surface area contributed by atoms with Gasteiger partial charge in [-0.25, -0.2) is 0 Å². The number of rotatable bonds is 3. The first-order chi connectivity index (χ1) is 7.59. The number of fused-ring (bicyclic) bond motifs is 1. The van der Waals surface area contributed by atoms with Gasteiger partial charge >= 0.3 is 0 Å². The number of nitrogens with one attached hydrogen (secondary N) is 1. The van der Waals surface area contributed by atoms with Crippen LogP contribution in [-0.4, -0.2) is 15.9 Å². The molecule has 1 heterocycles. The number of nitro groups is 1. The van der Waals surface area contributed by atoms with Crippen LogP contribution in [0, 0.1) is 10.1 Å². The second-order valence-electron chi connectivity index (χ2n) is 3.95. The summed E-state index contributed by atoms with van der Waals surface area (Å²) in [6.07, 6.45) is 2.06. The average Bonchev–Trinajstić information content (AvgIpc) is 2.61. The fourth-order valence-corrected chi connectivity index (χ4v) is 1.90. The van der Waals surface area contributed by atoms with Crippen molar-refractivity contribution < 1.29 is 4.92 Å². The molecular weight excluding hydrogens is 206 g/mol. The quantitative estimate of drug-likeness (QED) is 0.611. The van der Waals surface area contributed by atoms with E-state index in [9.17, 15) is 10.1 Å². The first kappa shape index (κ1) is 10.6. The smallest absolute Gasteiger partial charge is 0.294 e. The van der Waals surface area contributed by atoms with Gasteiger partial charge in [0.15, 0.2) is 0 Å². The molecule has 0 bridgehead atoms. The van der Waals surface area contributed by atoms with Crippen LogP contribution in [0.5, 0.6) is 0 Å². The first-order valence-electron chi connectivity index (χ1n) is 5.08. The van der Waals surface area contributed by atoms with Crippen LogP contribution >= 0.6 is 0 Å². The molecule has 0 amide bonds. The molecule has 5 heteroatoms. The average molecular weight is 219 g/mol. The van der Waals surface area contributed by atoms with Crippen molar-refractivity contribution in [2.24, 2.45) is 5.73 Å². The molecular formula is C11H13N3O2. The molecule has 5 nitrogen and oxygen atoms in total. The summed E-state index contributed by atoms with van der Waals surface area (Å²) in [6.45, 7) is 1.89. The summed E-state index contributed by atoms with van der Waals surface area (Å²) in [6, 6.07) is 5.57. The topological polar surface area (TPSA) is 85.0 Å². The van der Waals surface area contributed by atoms with E-state index in [0.29, 0.717) is 11.8 Å². The largest absolute Gasteiger partial charge is 0.355 e. The third-order valence-corrected chi connectivity index (χ3v) is 2.51. The monoisotopic (exact) mass is 219 g/mol. The minimum Gasteiger partial charge on any atom is -0.355 e. The first-order valence-corrected chi connectivity index (χ1v) is 5.08. The number of aromatic nitrogens is 1. The number of nitrogens with two attached hydrogens (primary N) is 1. The molecule has 3 N–H and O–H groups in total. The highest BCUT2D eigenvalue weighted by molar-refractivity contribution is 5.92. The van der Waals surface area contributed by atoms with Gasteiger partial charge in [0.25, 0.3) is 5.69 Å². The zero-order valence-electron chi connectivity index (χ0n) is 8.93. The Labute approximate surface area is 92.4 Å². The molecule has 1 aromatic carbocycles. The van der Waals surface area contributed by atoms with E-state index in [1.807, 2.05) is 25.1 Å². The maximum Gasteiger partial charge on any atom is 0.294 e. The van der Waals surface area contributed by atoms with Crippen LogP contribution in [0.15, 0.2) is 24.4 Å². The number of benzene rings is 1. The molecule has 0 spiro atoms. The predicted molar refractivity (Wildman–Crippen MR) is 62.3 cm³/mol. The number of aromatic amines is 1. The van der Waals surface area contributed by atoms with Crippen molar-refractivity contribution in [3.8, 4) is 0 Å². The van der Waals surface area contributed by atoms with Crippen LogP contribution < -0.4 is 5.73 Å².